The number of ether oxygens (including phenoxy) is 1. The van der Waals surface area contributed by atoms with Crippen molar-refractivity contribution < 1.29 is 13.2 Å². The molecule has 1 fully saturated rings. The molecular weight excluding hydrogens is 300 g/mol. The second-order valence-corrected chi connectivity index (χ2v) is 7.03. The Morgan fingerprint density at radius 2 is 2.20 bits per heavy atom. The lowest BCUT2D eigenvalue weighted by atomic mass is 10.0. The molecular formula is C13H19ClN2O3S. The van der Waals surface area contributed by atoms with E-state index in [1.54, 1.807) is 12.1 Å². The van der Waals surface area contributed by atoms with Crippen LogP contribution in [0.2, 0.25) is 5.02 Å². The van der Waals surface area contributed by atoms with Crippen LogP contribution >= 0.6 is 11.6 Å². The fraction of sp³-hybridized carbons (Fsp3) is 0.538. The second kappa shape index (κ2) is 6.30. The van der Waals surface area contributed by atoms with Crippen LogP contribution in [0.15, 0.2) is 23.1 Å². The van der Waals surface area contributed by atoms with Crippen LogP contribution in [0.3, 0.4) is 0 Å². The van der Waals surface area contributed by atoms with Crippen LogP contribution in [-0.2, 0) is 10.0 Å². The largest absolute Gasteiger partial charge is 0.495 e. The molecule has 0 spiro atoms. The Bertz CT molecular complexity index is 577. The summed E-state index contributed by atoms with van der Waals surface area (Å²) in [5.74, 6) is 0.290. The highest BCUT2D eigenvalue weighted by molar-refractivity contribution is 7.89. The zero-order chi connectivity index (χ0) is 14.8. The number of sulfonamides is 1. The van der Waals surface area contributed by atoms with Crippen LogP contribution in [-0.4, -0.2) is 34.2 Å². The van der Waals surface area contributed by atoms with E-state index in [0.717, 1.165) is 19.4 Å². The van der Waals surface area contributed by atoms with Gasteiger partial charge in [0.25, 0.3) is 0 Å². The lowest BCUT2D eigenvalue weighted by Crippen LogP contribution is -2.51. The third-order valence-corrected chi connectivity index (χ3v) is 5.23. The SMILES string of the molecule is COc1ccc(Cl)cc1S(=O)(=O)NC1CCCNC1C. The summed E-state index contributed by atoms with van der Waals surface area (Å²) < 4.78 is 32.8. The van der Waals surface area contributed by atoms with Crippen molar-refractivity contribution in [2.45, 2.75) is 36.7 Å². The molecule has 2 N–H and O–H groups in total. The number of benzene rings is 1. The molecule has 0 bridgehead atoms. The predicted molar refractivity (Wildman–Crippen MR) is 78.8 cm³/mol. The molecule has 2 unspecified atom stereocenters. The molecule has 1 heterocycles. The standard InChI is InChI=1S/C13H19ClN2O3S/c1-9-11(4-3-7-15-9)16-20(17,18)13-8-10(14)5-6-12(13)19-2/h5-6,8-9,11,15-16H,3-4,7H2,1-2H3. The Labute approximate surface area is 124 Å². The van der Waals surface area contributed by atoms with E-state index in [4.69, 9.17) is 16.3 Å². The number of rotatable bonds is 4. The molecule has 112 valence electrons. The Morgan fingerprint density at radius 3 is 2.85 bits per heavy atom. The molecule has 1 aliphatic rings. The zero-order valence-electron chi connectivity index (χ0n) is 11.5. The molecule has 0 radical (unpaired) electrons. The van der Waals surface area contributed by atoms with Crippen molar-refractivity contribution in [2.24, 2.45) is 0 Å². The van der Waals surface area contributed by atoms with Gasteiger partial charge in [-0.1, -0.05) is 11.6 Å². The summed E-state index contributed by atoms with van der Waals surface area (Å²) in [7, 11) is -2.22. The number of hydrogen-bond donors (Lipinski definition) is 2. The Hall–Kier alpha value is -0.820. The van der Waals surface area contributed by atoms with Gasteiger partial charge in [0.05, 0.1) is 7.11 Å². The van der Waals surface area contributed by atoms with Crippen molar-refractivity contribution >= 4 is 21.6 Å². The molecule has 1 saturated heterocycles. The van der Waals surface area contributed by atoms with Crippen molar-refractivity contribution in [3.63, 3.8) is 0 Å². The first kappa shape index (κ1) is 15.6. The predicted octanol–water partition coefficient (Wildman–Crippen LogP) is 1.77. The van der Waals surface area contributed by atoms with Gasteiger partial charge in [-0.05, 0) is 44.5 Å². The average molecular weight is 319 g/mol. The smallest absolute Gasteiger partial charge is 0.244 e. The first-order valence-electron chi connectivity index (χ1n) is 6.53. The normalized spacial score (nSPS) is 23.6. The summed E-state index contributed by atoms with van der Waals surface area (Å²) in [6, 6.07) is 4.54. The molecule has 0 saturated carbocycles. The molecule has 1 aliphatic heterocycles. The minimum Gasteiger partial charge on any atom is -0.495 e. The highest BCUT2D eigenvalue weighted by Gasteiger charge is 2.28. The fourth-order valence-electron chi connectivity index (χ4n) is 2.33. The fourth-order valence-corrected chi connectivity index (χ4v) is 4.11. The lowest BCUT2D eigenvalue weighted by molar-refractivity contribution is 0.348. The van der Waals surface area contributed by atoms with Gasteiger partial charge in [-0.3, -0.25) is 0 Å². The molecule has 5 nitrogen and oxygen atoms in total. The van der Waals surface area contributed by atoms with E-state index in [-0.39, 0.29) is 17.0 Å². The minimum absolute atomic E-state index is 0.0743. The van der Waals surface area contributed by atoms with Gasteiger partial charge in [0.15, 0.2) is 0 Å². The first-order valence-corrected chi connectivity index (χ1v) is 8.39. The summed E-state index contributed by atoms with van der Waals surface area (Å²) in [4.78, 5) is 0.0743. The third-order valence-electron chi connectivity index (χ3n) is 3.48. The van der Waals surface area contributed by atoms with Crippen molar-refractivity contribution in [1.82, 2.24) is 10.0 Å². The third kappa shape index (κ3) is 3.44. The number of halogens is 1. The molecule has 20 heavy (non-hydrogen) atoms. The molecule has 2 rings (SSSR count). The van der Waals surface area contributed by atoms with E-state index in [2.05, 4.69) is 10.0 Å². The summed E-state index contributed by atoms with van der Waals surface area (Å²) >= 11 is 5.89. The van der Waals surface area contributed by atoms with Gasteiger partial charge in [-0.2, -0.15) is 0 Å². The van der Waals surface area contributed by atoms with E-state index in [9.17, 15) is 8.42 Å². The summed E-state index contributed by atoms with van der Waals surface area (Å²) in [6.07, 6.45) is 1.76. The van der Waals surface area contributed by atoms with Gasteiger partial charge in [0, 0.05) is 17.1 Å². The Balaban J connectivity index is 2.28. The molecule has 0 aromatic heterocycles. The van der Waals surface area contributed by atoms with Crippen molar-refractivity contribution in [3.8, 4) is 5.75 Å². The number of nitrogens with one attached hydrogen (secondary N) is 2. The maximum Gasteiger partial charge on any atom is 0.244 e. The van der Waals surface area contributed by atoms with E-state index in [0.29, 0.717) is 10.8 Å². The average Bonchev–Trinajstić information content (AvgIpc) is 2.41. The minimum atomic E-state index is -3.66. The summed E-state index contributed by atoms with van der Waals surface area (Å²) in [5.41, 5.74) is 0. The van der Waals surface area contributed by atoms with Gasteiger partial charge < -0.3 is 10.1 Å². The monoisotopic (exact) mass is 318 g/mol. The van der Waals surface area contributed by atoms with Gasteiger partial charge in [-0.25, -0.2) is 13.1 Å². The molecule has 0 aliphatic carbocycles. The van der Waals surface area contributed by atoms with Crippen LogP contribution < -0.4 is 14.8 Å². The molecule has 2 atom stereocenters. The number of methoxy groups -OCH3 is 1. The molecule has 1 aromatic rings. The second-order valence-electron chi connectivity index (χ2n) is 4.91. The summed E-state index contributed by atoms with van der Waals surface area (Å²) in [5, 5.41) is 3.62. The zero-order valence-corrected chi connectivity index (χ0v) is 13.1. The van der Waals surface area contributed by atoms with Crippen LogP contribution in [0.25, 0.3) is 0 Å². The van der Waals surface area contributed by atoms with E-state index >= 15 is 0 Å². The van der Waals surface area contributed by atoms with Gasteiger partial charge in [0.1, 0.15) is 10.6 Å². The maximum atomic E-state index is 12.5. The first-order chi connectivity index (χ1) is 9.44. The molecule has 7 heteroatoms. The van der Waals surface area contributed by atoms with E-state index in [1.807, 2.05) is 6.92 Å². The van der Waals surface area contributed by atoms with Crippen LogP contribution in [0, 0.1) is 0 Å². The van der Waals surface area contributed by atoms with Crippen molar-refractivity contribution in [1.29, 1.82) is 0 Å². The van der Waals surface area contributed by atoms with Gasteiger partial charge in [-0.15, -0.1) is 0 Å². The van der Waals surface area contributed by atoms with Crippen LogP contribution in [0.4, 0.5) is 0 Å². The van der Waals surface area contributed by atoms with Gasteiger partial charge >= 0.3 is 0 Å². The number of hydrogen-bond acceptors (Lipinski definition) is 4. The topological polar surface area (TPSA) is 67.4 Å². The maximum absolute atomic E-state index is 12.5. The Morgan fingerprint density at radius 1 is 1.45 bits per heavy atom. The Kier molecular flexibility index (Phi) is 4.90. The molecule has 1 aromatic carbocycles. The van der Waals surface area contributed by atoms with E-state index < -0.39 is 10.0 Å². The van der Waals surface area contributed by atoms with Gasteiger partial charge in [0.2, 0.25) is 10.0 Å². The van der Waals surface area contributed by atoms with Crippen LogP contribution in [0.1, 0.15) is 19.8 Å². The van der Waals surface area contributed by atoms with Crippen LogP contribution in [0.5, 0.6) is 5.75 Å². The van der Waals surface area contributed by atoms with Crippen molar-refractivity contribution in [2.75, 3.05) is 13.7 Å². The highest BCUT2D eigenvalue weighted by Crippen LogP contribution is 2.27. The highest BCUT2D eigenvalue weighted by atomic mass is 35.5. The van der Waals surface area contributed by atoms with E-state index in [1.165, 1.54) is 13.2 Å². The van der Waals surface area contributed by atoms with Crippen molar-refractivity contribution in [3.05, 3.63) is 23.2 Å². The lowest BCUT2D eigenvalue weighted by Gasteiger charge is -2.30. The molecule has 0 amide bonds. The number of piperidine rings is 1. The summed E-state index contributed by atoms with van der Waals surface area (Å²) in [6.45, 7) is 2.89. The quantitative estimate of drug-likeness (QED) is 0.888.